The van der Waals surface area contributed by atoms with Gasteiger partial charge in [-0.25, -0.2) is 4.39 Å². The van der Waals surface area contributed by atoms with E-state index in [-0.39, 0.29) is 22.8 Å². The Hall–Kier alpha value is -3.07. The second-order valence-corrected chi connectivity index (χ2v) is 7.34. The predicted molar refractivity (Wildman–Crippen MR) is 106 cm³/mol. The van der Waals surface area contributed by atoms with Gasteiger partial charge in [-0.1, -0.05) is 23.9 Å². The number of thioether (sulfide) groups is 1. The molecule has 0 radical (unpaired) electrons. The molecule has 0 saturated heterocycles. The number of ether oxygens (including phenoxy) is 2. The van der Waals surface area contributed by atoms with E-state index in [4.69, 9.17) is 13.9 Å². The summed E-state index contributed by atoms with van der Waals surface area (Å²) in [6.45, 7) is 2.05. The molecule has 0 spiro atoms. The highest BCUT2D eigenvalue weighted by Crippen LogP contribution is 2.34. The number of carbonyl (C=O) groups excluding carboxylic acids is 1. The van der Waals surface area contributed by atoms with Crippen molar-refractivity contribution in [3.63, 3.8) is 0 Å². The van der Waals surface area contributed by atoms with Crippen LogP contribution >= 0.6 is 11.8 Å². The molecule has 1 atom stereocenters. The molecule has 0 unspecified atom stereocenters. The predicted octanol–water partition coefficient (Wildman–Crippen LogP) is 3.69. The van der Waals surface area contributed by atoms with Gasteiger partial charge in [0.1, 0.15) is 17.3 Å². The first-order valence-corrected chi connectivity index (χ1v) is 9.63. The Bertz CT molecular complexity index is 978. The minimum atomic E-state index is -0.457. The van der Waals surface area contributed by atoms with E-state index >= 15 is 0 Å². The number of nitrogens with one attached hydrogen (secondary N) is 1. The van der Waals surface area contributed by atoms with Crippen LogP contribution in [0.2, 0.25) is 0 Å². The summed E-state index contributed by atoms with van der Waals surface area (Å²) >= 11 is 1.15. The van der Waals surface area contributed by atoms with E-state index in [0.717, 1.165) is 17.3 Å². The molecular weight excluding hydrogens is 397 g/mol. The maximum absolute atomic E-state index is 12.9. The van der Waals surface area contributed by atoms with Crippen LogP contribution in [0.25, 0.3) is 11.5 Å². The van der Waals surface area contributed by atoms with E-state index in [1.165, 1.54) is 19.2 Å². The number of rotatable bonds is 8. The van der Waals surface area contributed by atoms with E-state index < -0.39 is 5.25 Å². The molecule has 29 heavy (non-hydrogen) atoms. The molecule has 0 fully saturated rings. The van der Waals surface area contributed by atoms with Gasteiger partial charge in [0.05, 0.1) is 25.0 Å². The van der Waals surface area contributed by atoms with Crippen LogP contribution in [0.1, 0.15) is 12.5 Å². The van der Waals surface area contributed by atoms with Gasteiger partial charge >= 0.3 is 0 Å². The minimum Gasteiger partial charge on any atom is -0.497 e. The van der Waals surface area contributed by atoms with Gasteiger partial charge in [-0.05, 0) is 36.8 Å². The average molecular weight is 417 g/mol. The summed E-state index contributed by atoms with van der Waals surface area (Å²) in [5.41, 5.74) is 1.43. The summed E-state index contributed by atoms with van der Waals surface area (Å²) in [6, 6.07) is 11.2. The molecule has 1 N–H and O–H groups in total. The molecule has 1 heterocycles. The molecule has 0 bridgehead atoms. The third-order valence-electron chi connectivity index (χ3n) is 4.07. The summed E-state index contributed by atoms with van der Waals surface area (Å²) in [5, 5.41) is 10.6. The molecule has 1 amide bonds. The number of benzene rings is 2. The standard InChI is InChI=1S/C20H20FN3O4S/c1-12(18(25)22-11-13-4-6-14(21)7-5-13)29-20-24-23-19(28-20)16-9-8-15(26-2)10-17(16)27-3/h4-10,12H,11H2,1-3H3,(H,22,25)/t12-/m1/s1. The van der Waals surface area contributed by atoms with Gasteiger partial charge < -0.3 is 19.2 Å². The quantitative estimate of drug-likeness (QED) is 0.560. The van der Waals surface area contributed by atoms with Crippen LogP contribution in [0, 0.1) is 5.82 Å². The second-order valence-electron chi connectivity index (χ2n) is 6.04. The molecule has 0 aliphatic rings. The first-order chi connectivity index (χ1) is 14.0. The fourth-order valence-corrected chi connectivity index (χ4v) is 3.19. The molecular formula is C20H20FN3O4S. The Kier molecular flexibility index (Phi) is 6.71. The Balaban J connectivity index is 1.62. The number of hydrogen-bond acceptors (Lipinski definition) is 7. The van der Waals surface area contributed by atoms with Gasteiger partial charge in [-0.3, -0.25) is 4.79 Å². The Labute approximate surface area is 171 Å². The van der Waals surface area contributed by atoms with E-state index in [0.29, 0.717) is 23.6 Å². The van der Waals surface area contributed by atoms with Crippen molar-refractivity contribution in [2.75, 3.05) is 14.2 Å². The van der Waals surface area contributed by atoms with Crippen LogP contribution in [0.4, 0.5) is 4.39 Å². The van der Waals surface area contributed by atoms with Gasteiger partial charge in [0.15, 0.2) is 0 Å². The van der Waals surface area contributed by atoms with E-state index in [9.17, 15) is 9.18 Å². The van der Waals surface area contributed by atoms with Crippen molar-refractivity contribution >= 4 is 17.7 Å². The Morgan fingerprint density at radius 1 is 1.17 bits per heavy atom. The normalized spacial score (nSPS) is 11.7. The van der Waals surface area contributed by atoms with Crippen molar-refractivity contribution in [1.29, 1.82) is 0 Å². The SMILES string of the molecule is COc1ccc(-c2nnc(S[C@H](C)C(=O)NCc3ccc(F)cc3)o2)c(OC)c1. The van der Waals surface area contributed by atoms with E-state index in [1.54, 1.807) is 44.4 Å². The molecule has 1 aromatic heterocycles. The van der Waals surface area contributed by atoms with Crippen molar-refractivity contribution in [1.82, 2.24) is 15.5 Å². The van der Waals surface area contributed by atoms with Crippen LogP contribution in [0.3, 0.4) is 0 Å². The number of nitrogens with zero attached hydrogens (tertiary/aromatic N) is 2. The molecule has 152 valence electrons. The number of aromatic nitrogens is 2. The first kappa shape index (κ1) is 20.7. The summed E-state index contributed by atoms with van der Waals surface area (Å²) in [5.74, 6) is 0.956. The van der Waals surface area contributed by atoms with Crippen molar-refractivity contribution in [2.24, 2.45) is 0 Å². The fourth-order valence-electron chi connectivity index (χ4n) is 2.48. The maximum Gasteiger partial charge on any atom is 0.277 e. The van der Waals surface area contributed by atoms with Gasteiger partial charge in [0, 0.05) is 12.6 Å². The van der Waals surface area contributed by atoms with Crippen LogP contribution in [-0.2, 0) is 11.3 Å². The highest BCUT2D eigenvalue weighted by Gasteiger charge is 2.20. The van der Waals surface area contributed by atoms with Crippen molar-refractivity contribution in [3.8, 4) is 23.0 Å². The summed E-state index contributed by atoms with van der Waals surface area (Å²) in [4.78, 5) is 12.3. The van der Waals surface area contributed by atoms with Crippen LogP contribution in [0.5, 0.6) is 11.5 Å². The molecule has 9 heteroatoms. The fraction of sp³-hybridized carbons (Fsp3) is 0.250. The molecule has 0 aliphatic carbocycles. The lowest BCUT2D eigenvalue weighted by Crippen LogP contribution is -2.30. The Morgan fingerprint density at radius 3 is 2.62 bits per heavy atom. The third kappa shape index (κ3) is 5.26. The van der Waals surface area contributed by atoms with Crippen molar-refractivity contribution in [3.05, 3.63) is 53.8 Å². The summed E-state index contributed by atoms with van der Waals surface area (Å²) in [6.07, 6.45) is 0. The monoisotopic (exact) mass is 417 g/mol. The molecule has 2 aromatic carbocycles. The second kappa shape index (κ2) is 9.42. The summed E-state index contributed by atoms with van der Waals surface area (Å²) < 4.78 is 29.1. The van der Waals surface area contributed by atoms with Crippen LogP contribution in [0.15, 0.2) is 52.1 Å². The third-order valence-corrected chi connectivity index (χ3v) is 5.01. The zero-order valence-corrected chi connectivity index (χ0v) is 17.0. The minimum absolute atomic E-state index is 0.193. The van der Waals surface area contributed by atoms with Crippen molar-refractivity contribution in [2.45, 2.75) is 23.9 Å². The Morgan fingerprint density at radius 2 is 1.93 bits per heavy atom. The first-order valence-electron chi connectivity index (χ1n) is 8.75. The number of carbonyl (C=O) groups is 1. The number of halogens is 1. The molecule has 0 saturated carbocycles. The van der Waals surface area contributed by atoms with Crippen molar-refractivity contribution < 1.29 is 23.1 Å². The number of amides is 1. The zero-order valence-electron chi connectivity index (χ0n) is 16.1. The highest BCUT2D eigenvalue weighted by atomic mass is 32.2. The van der Waals surface area contributed by atoms with E-state index in [1.807, 2.05) is 0 Å². The zero-order chi connectivity index (χ0) is 20.8. The molecule has 3 aromatic rings. The molecule has 3 rings (SSSR count). The topological polar surface area (TPSA) is 86.5 Å². The molecule has 0 aliphatic heterocycles. The maximum atomic E-state index is 12.9. The number of methoxy groups -OCH3 is 2. The van der Waals surface area contributed by atoms with Crippen LogP contribution in [-0.4, -0.2) is 35.6 Å². The number of hydrogen-bond donors (Lipinski definition) is 1. The molecule has 7 nitrogen and oxygen atoms in total. The average Bonchev–Trinajstić information content (AvgIpc) is 3.20. The highest BCUT2D eigenvalue weighted by molar-refractivity contribution is 8.00. The van der Waals surface area contributed by atoms with Gasteiger partial charge in [-0.2, -0.15) is 0 Å². The summed E-state index contributed by atoms with van der Waals surface area (Å²) in [7, 11) is 3.11. The van der Waals surface area contributed by atoms with Crippen LogP contribution < -0.4 is 14.8 Å². The van der Waals surface area contributed by atoms with E-state index in [2.05, 4.69) is 15.5 Å². The van der Waals surface area contributed by atoms with Gasteiger partial charge in [0.2, 0.25) is 5.91 Å². The van der Waals surface area contributed by atoms with Gasteiger partial charge in [-0.15, -0.1) is 10.2 Å². The lowest BCUT2D eigenvalue weighted by Gasteiger charge is -2.10. The lowest BCUT2D eigenvalue weighted by atomic mass is 10.2. The van der Waals surface area contributed by atoms with Gasteiger partial charge in [0.25, 0.3) is 11.1 Å². The largest absolute Gasteiger partial charge is 0.497 e. The smallest absolute Gasteiger partial charge is 0.277 e. The lowest BCUT2D eigenvalue weighted by molar-refractivity contribution is -0.120.